The Morgan fingerprint density at radius 3 is 2.58 bits per heavy atom. The van der Waals surface area contributed by atoms with Crippen LogP contribution in [0.25, 0.3) is 0 Å². The highest BCUT2D eigenvalue weighted by Crippen LogP contribution is 2.16. The zero-order chi connectivity index (χ0) is 17.8. The fourth-order valence-corrected chi connectivity index (χ4v) is 2.46. The Kier molecular flexibility index (Phi) is 9.17. The maximum atomic E-state index is 11.9. The van der Waals surface area contributed by atoms with Crippen LogP contribution >= 0.6 is 11.3 Å². The van der Waals surface area contributed by atoms with Gasteiger partial charge in [-0.2, -0.15) is 0 Å². The first kappa shape index (κ1) is 19.7. The summed E-state index contributed by atoms with van der Waals surface area (Å²) in [6.07, 6.45) is 5.43. The van der Waals surface area contributed by atoms with Crippen molar-refractivity contribution in [1.29, 1.82) is 0 Å². The number of nitrogens with one attached hydrogen (secondary N) is 1. The summed E-state index contributed by atoms with van der Waals surface area (Å²) >= 11 is 1.43. The average Bonchev–Trinajstić information content (AvgIpc) is 3.00. The van der Waals surface area contributed by atoms with Gasteiger partial charge in [-0.25, -0.2) is 0 Å². The number of pyridine rings is 1. The molecule has 24 heavy (non-hydrogen) atoms. The van der Waals surface area contributed by atoms with Crippen LogP contribution in [0.1, 0.15) is 17.0 Å². The molecule has 2 aromatic rings. The maximum Gasteiger partial charge on any atom is 0.290 e. The van der Waals surface area contributed by atoms with Crippen LogP contribution in [-0.2, 0) is 22.4 Å². The van der Waals surface area contributed by atoms with Gasteiger partial charge in [-0.3, -0.25) is 14.6 Å². The van der Waals surface area contributed by atoms with E-state index in [4.69, 9.17) is 9.90 Å². The molecule has 2 rings (SSSR count). The predicted octanol–water partition coefficient (Wildman–Crippen LogP) is 1.31. The molecule has 0 aliphatic heterocycles. The van der Waals surface area contributed by atoms with Crippen molar-refractivity contribution in [2.45, 2.75) is 19.3 Å². The van der Waals surface area contributed by atoms with Crippen molar-refractivity contribution >= 4 is 28.8 Å². The first-order valence-electron chi connectivity index (χ1n) is 7.29. The summed E-state index contributed by atoms with van der Waals surface area (Å²) < 4.78 is 0. The van der Waals surface area contributed by atoms with E-state index in [1.165, 1.54) is 11.3 Å². The van der Waals surface area contributed by atoms with E-state index in [1.54, 1.807) is 12.4 Å². The number of hydrogen-bond donors (Lipinski definition) is 2. The van der Waals surface area contributed by atoms with Crippen LogP contribution in [-0.4, -0.2) is 58.2 Å². The quantitative estimate of drug-likeness (QED) is 0.724. The van der Waals surface area contributed by atoms with Crippen LogP contribution in [0.15, 0.2) is 24.5 Å². The van der Waals surface area contributed by atoms with Crippen LogP contribution in [0, 0.1) is 0 Å². The molecule has 0 radical (unpaired) electrons. The lowest BCUT2D eigenvalue weighted by Gasteiger charge is -2.05. The number of carboxylic acid groups (broad SMARTS) is 1. The number of aromatic nitrogens is 3. The fraction of sp³-hybridized carbons (Fsp3) is 0.400. The first-order valence-corrected chi connectivity index (χ1v) is 8.10. The van der Waals surface area contributed by atoms with Gasteiger partial charge >= 0.3 is 0 Å². The lowest BCUT2D eigenvalue weighted by molar-refractivity contribution is -0.123. The number of likely N-dealkylation sites (N-methyl/N-ethyl adjacent to an activating group) is 1. The molecule has 9 heteroatoms. The standard InChI is InChI=1S/C14H19N5OS.CH2O2/c1-19(2)10-7-13-17-18-14(21-13)16-12(20)4-3-11-5-8-15-9-6-11;2-1-3/h5-6,8-9H,3-4,7,10H2,1-2H3,(H,16,18,20);1H,(H,2,3). The number of anilines is 1. The van der Waals surface area contributed by atoms with Crippen LogP contribution in [0.3, 0.4) is 0 Å². The molecule has 0 aliphatic carbocycles. The van der Waals surface area contributed by atoms with Crippen LogP contribution in [0.5, 0.6) is 0 Å². The highest BCUT2D eigenvalue weighted by atomic mass is 32.1. The molecule has 0 aromatic carbocycles. The number of carbonyl (C=O) groups excluding carboxylic acids is 1. The molecule has 0 unspecified atom stereocenters. The van der Waals surface area contributed by atoms with Gasteiger partial charge in [-0.15, -0.1) is 10.2 Å². The van der Waals surface area contributed by atoms with E-state index in [-0.39, 0.29) is 12.4 Å². The summed E-state index contributed by atoms with van der Waals surface area (Å²) in [5, 5.41) is 19.3. The smallest absolute Gasteiger partial charge is 0.290 e. The molecule has 0 fully saturated rings. The summed E-state index contributed by atoms with van der Waals surface area (Å²) in [6.45, 7) is 0.671. The predicted molar refractivity (Wildman–Crippen MR) is 92.0 cm³/mol. The van der Waals surface area contributed by atoms with E-state index in [1.807, 2.05) is 26.2 Å². The van der Waals surface area contributed by atoms with Crippen molar-refractivity contribution in [1.82, 2.24) is 20.1 Å². The van der Waals surface area contributed by atoms with Crippen LogP contribution in [0.2, 0.25) is 0 Å². The zero-order valence-electron chi connectivity index (χ0n) is 13.7. The molecule has 0 aliphatic rings. The Bertz CT molecular complexity index is 619. The molecule has 8 nitrogen and oxygen atoms in total. The average molecular weight is 351 g/mol. The Hall–Kier alpha value is -2.39. The normalized spacial score (nSPS) is 9.96. The Balaban J connectivity index is 0.000000891. The number of nitrogens with zero attached hydrogens (tertiary/aromatic N) is 4. The zero-order valence-corrected chi connectivity index (χ0v) is 14.5. The number of carbonyl (C=O) groups is 2. The molecule has 2 heterocycles. The summed E-state index contributed by atoms with van der Waals surface area (Å²) in [5.41, 5.74) is 1.10. The Morgan fingerprint density at radius 1 is 1.29 bits per heavy atom. The lowest BCUT2D eigenvalue weighted by Crippen LogP contribution is -2.14. The molecule has 0 saturated heterocycles. The van der Waals surface area contributed by atoms with Crippen molar-refractivity contribution < 1.29 is 14.7 Å². The molecule has 2 aromatic heterocycles. The summed E-state index contributed by atoms with van der Waals surface area (Å²) in [4.78, 5) is 26.3. The van der Waals surface area contributed by atoms with Gasteiger partial charge in [0.15, 0.2) is 0 Å². The minimum Gasteiger partial charge on any atom is -0.483 e. The minimum absolute atomic E-state index is 0.0397. The second-order valence-corrected chi connectivity index (χ2v) is 6.13. The summed E-state index contributed by atoms with van der Waals surface area (Å²) in [6, 6.07) is 3.83. The molecule has 2 N–H and O–H groups in total. The van der Waals surface area contributed by atoms with E-state index in [0.717, 1.165) is 23.5 Å². The van der Waals surface area contributed by atoms with Crippen LogP contribution in [0.4, 0.5) is 5.13 Å². The number of rotatable bonds is 7. The van der Waals surface area contributed by atoms with Gasteiger partial charge in [-0.1, -0.05) is 11.3 Å². The molecule has 1 amide bonds. The molecule has 0 atom stereocenters. The van der Waals surface area contributed by atoms with Crippen molar-refractivity contribution in [2.75, 3.05) is 26.0 Å². The van der Waals surface area contributed by atoms with E-state index >= 15 is 0 Å². The number of amides is 1. The van der Waals surface area contributed by atoms with E-state index < -0.39 is 0 Å². The molecule has 130 valence electrons. The van der Waals surface area contributed by atoms with Gasteiger partial charge in [0.2, 0.25) is 11.0 Å². The number of hydrogen-bond acceptors (Lipinski definition) is 7. The summed E-state index contributed by atoms with van der Waals surface area (Å²) in [5.74, 6) is -0.0397. The molecule has 0 saturated carbocycles. The van der Waals surface area contributed by atoms with E-state index in [2.05, 4.69) is 25.4 Å². The van der Waals surface area contributed by atoms with Crippen molar-refractivity contribution in [3.8, 4) is 0 Å². The topological polar surface area (TPSA) is 108 Å². The molecular weight excluding hydrogens is 330 g/mol. The van der Waals surface area contributed by atoms with Gasteiger partial charge in [0.1, 0.15) is 5.01 Å². The third-order valence-electron chi connectivity index (χ3n) is 2.88. The van der Waals surface area contributed by atoms with Crippen molar-refractivity contribution in [3.63, 3.8) is 0 Å². The highest BCUT2D eigenvalue weighted by molar-refractivity contribution is 7.15. The van der Waals surface area contributed by atoms with E-state index in [0.29, 0.717) is 18.0 Å². The Labute approximate surface area is 144 Å². The molecular formula is C15H21N5O3S. The van der Waals surface area contributed by atoms with Crippen LogP contribution < -0.4 is 5.32 Å². The highest BCUT2D eigenvalue weighted by Gasteiger charge is 2.08. The van der Waals surface area contributed by atoms with Gasteiger partial charge in [0, 0.05) is 31.8 Å². The Morgan fingerprint density at radius 2 is 1.96 bits per heavy atom. The third kappa shape index (κ3) is 8.30. The van der Waals surface area contributed by atoms with E-state index in [9.17, 15) is 4.79 Å². The summed E-state index contributed by atoms with van der Waals surface area (Å²) in [7, 11) is 4.03. The SMILES string of the molecule is CN(C)CCc1nnc(NC(=O)CCc2ccncc2)s1.O=CO. The first-order chi connectivity index (χ1) is 11.5. The van der Waals surface area contributed by atoms with Crippen molar-refractivity contribution in [3.05, 3.63) is 35.1 Å². The van der Waals surface area contributed by atoms with Gasteiger partial charge in [0.05, 0.1) is 0 Å². The number of aryl methyl sites for hydroxylation is 1. The van der Waals surface area contributed by atoms with Gasteiger partial charge < -0.3 is 15.3 Å². The maximum absolute atomic E-state index is 11.9. The third-order valence-corrected chi connectivity index (χ3v) is 3.77. The van der Waals surface area contributed by atoms with Gasteiger partial charge in [-0.05, 0) is 38.2 Å². The second kappa shape index (κ2) is 11.2. The second-order valence-electron chi connectivity index (χ2n) is 5.06. The largest absolute Gasteiger partial charge is 0.483 e. The van der Waals surface area contributed by atoms with Crippen molar-refractivity contribution in [2.24, 2.45) is 0 Å². The molecule has 0 spiro atoms. The molecule has 0 bridgehead atoms. The van der Waals surface area contributed by atoms with Gasteiger partial charge in [0.25, 0.3) is 6.47 Å². The minimum atomic E-state index is -0.250. The fourth-order valence-electron chi connectivity index (χ4n) is 1.71. The lowest BCUT2D eigenvalue weighted by atomic mass is 10.1. The monoisotopic (exact) mass is 351 g/mol.